The number of nitrogens with zero attached hydrogens (tertiary/aromatic N) is 1. The fourth-order valence-corrected chi connectivity index (χ4v) is 4.08. The van der Waals surface area contributed by atoms with Gasteiger partial charge >= 0.3 is 0 Å². The molecule has 3 aromatic carbocycles. The lowest BCUT2D eigenvalue weighted by Crippen LogP contribution is -2.32. The summed E-state index contributed by atoms with van der Waals surface area (Å²) in [6, 6.07) is 22.1. The fraction of sp³-hybridized carbons (Fsp3) is 0.0690. The van der Waals surface area contributed by atoms with Gasteiger partial charge in [0.05, 0.1) is 7.11 Å². The van der Waals surface area contributed by atoms with Crippen LogP contribution < -0.4 is 15.4 Å². The van der Waals surface area contributed by atoms with Crippen molar-refractivity contribution in [2.75, 3.05) is 12.4 Å². The van der Waals surface area contributed by atoms with Crippen molar-refractivity contribution >= 4 is 57.7 Å². The number of thiocarbonyl (C=S) groups is 1. The molecule has 0 aliphatic rings. The summed E-state index contributed by atoms with van der Waals surface area (Å²) >= 11 is 11.5. The van der Waals surface area contributed by atoms with Crippen LogP contribution in [-0.2, 0) is 4.79 Å². The molecule has 0 atom stereocenters. The summed E-state index contributed by atoms with van der Waals surface area (Å²) < 4.78 is 16.9. The Morgan fingerprint density at radius 1 is 1.00 bits per heavy atom. The second kappa shape index (κ2) is 10.9. The molecule has 5 aromatic rings. The summed E-state index contributed by atoms with van der Waals surface area (Å²) in [7, 11) is 1.62. The van der Waals surface area contributed by atoms with E-state index in [0.717, 1.165) is 22.4 Å². The van der Waals surface area contributed by atoms with Crippen LogP contribution in [0.25, 0.3) is 40.0 Å². The number of ether oxygens (including phenoxy) is 1. The highest BCUT2D eigenvalue weighted by Crippen LogP contribution is 2.28. The van der Waals surface area contributed by atoms with E-state index in [0.29, 0.717) is 39.2 Å². The van der Waals surface area contributed by atoms with Gasteiger partial charge in [-0.15, -0.1) is 0 Å². The van der Waals surface area contributed by atoms with E-state index in [-0.39, 0.29) is 5.11 Å². The normalized spacial score (nSPS) is 11.1. The van der Waals surface area contributed by atoms with Crippen molar-refractivity contribution in [1.29, 1.82) is 0 Å². The minimum atomic E-state index is -0.400. The fourth-order valence-electron chi connectivity index (χ4n) is 3.68. The second-order valence-electron chi connectivity index (χ2n) is 8.37. The zero-order valence-corrected chi connectivity index (χ0v) is 22.0. The number of hydrogen-bond acceptors (Lipinski definition) is 6. The molecule has 1 amide bonds. The van der Waals surface area contributed by atoms with Crippen LogP contribution in [-0.4, -0.2) is 23.1 Å². The number of nitrogens with one attached hydrogen (secondary N) is 2. The number of benzene rings is 3. The van der Waals surface area contributed by atoms with Gasteiger partial charge in [0.2, 0.25) is 11.8 Å². The Labute approximate surface area is 229 Å². The van der Waals surface area contributed by atoms with E-state index < -0.39 is 5.91 Å². The van der Waals surface area contributed by atoms with Crippen molar-refractivity contribution in [3.8, 4) is 28.5 Å². The van der Waals surface area contributed by atoms with Crippen LogP contribution in [0, 0.1) is 6.92 Å². The molecule has 0 fully saturated rings. The van der Waals surface area contributed by atoms with Crippen LogP contribution in [0.15, 0.2) is 87.7 Å². The molecule has 2 N–H and O–H groups in total. The number of fused-ring (bicyclic) bond motifs is 1. The number of halogens is 1. The summed E-state index contributed by atoms with van der Waals surface area (Å²) in [6.45, 7) is 1.94. The Morgan fingerprint density at radius 2 is 1.79 bits per heavy atom. The van der Waals surface area contributed by atoms with Crippen LogP contribution in [0.5, 0.6) is 5.75 Å². The lowest BCUT2D eigenvalue weighted by atomic mass is 10.1. The lowest BCUT2D eigenvalue weighted by molar-refractivity contribution is -0.115. The summed E-state index contributed by atoms with van der Waals surface area (Å²) in [4.78, 5) is 16.9. The highest BCUT2D eigenvalue weighted by molar-refractivity contribution is 7.80. The molecule has 0 unspecified atom stereocenters. The number of aromatic nitrogens is 1. The van der Waals surface area contributed by atoms with Gasteiger partial charge in [-0.2, -0.15) is 0 Å². The van der Waals surface area contributed by atoms with Gasteiger partial charge in [-0.3, -0.25) is 10.1 Å². The minimum Gasteiger partial charge on any atom is -0.497 e. The number of amides is 1. The second-order valence-corrected chi connectivity index (χ2v) is 9.19. The topological polar surface area (TPSA) is 89.5 Å². The van der Waals surface area contributed by atoms with E-state index in [1.165, 1.54) is 6.08 Å². The average Bonchev–Trinajstić information content (AvgIpc) is 3.56. The molecule has 0 saturated carbocycles. The Hall–Kier alpha value is -4.40. The highest BCUT2D eigenvalue weighted by Gasteiger charge is 2.11. The van der Waals surface area contributed by atoms with Gasteiger partial charge in [0.1, 0.15) is 22.8 Å². The van der Waals surface area contributed by atoms with Crippen molar-refractivity contribution in [3.63, 3.8) is 0 Å². The zero-order valence-electron chi connectivity index (χ0n) is 20.4. The van der Waals surface area contributed by atoms with Crippen LogP contribution in [0.4, 0.5) is 5.69 Å². The first kappa shape index (κ1) is 25.3. The van der Waals surface area contributed by atoms with Gasteiger partial charge in [0.25, 0.3) is 0 Å². The maximum Gasteiger partial charge on any atom is 0.250 e. The predicted octanol–water partition coefficient (Wildman–Crippen LogP) is 7.25. The van der Waals surface area contributed by atoms with Gasteiger partial charge in [-0.05, 0) is 91.4 Å². The van der Waals surface area contributed by atoms with Crippen LogP contribution >= 0.6 is 23.8 Å². The molecule has 0 spiro atoms. The van der Waals surface area contributed by atoms with Gasteiger partial charge < -0.3 is 18.9 Å². The molecule has 2 aromatic heterocycles. The van der Waals surface area contributed by atoms with E-state index in [2.05, 4.69) is 15.6 Å². The van der Waals surface area contributed by atoms with Crippen molar-refractivity contribution in [3.05, 3.63) is 95.2 Å². The number of methoxy groups -OCH3 is 1. The summed E-state index contributed by atoms with van der Waals surface area (Å²) in [6.07, 6.45) is 2.92. The molecule has 5 rings (SSSR count). The molecule has 0 bridgehead atoms. The number of oxazole rings is 1. The number of rotatable bonds is 6. The van der Waals surface area contributed by atoms with Crippen LogP contribution in [0.1, 0.15) is 11.3 Å². The summed E-state index contributed by atoms with van der Waals surface area (Å²) in [5, 5.41) is 6.42. The number of carbonyl (C=O) groups excluding carboxylic acids is 1. The van der Waals surface area contributed by atoms with Gasteiger partial charge in [-0.25, -0.2) is 4.98 Å². The molecule has 0 saturated heterocycles. The molecule has 0 aliphatic carbocycles. The van der Waals surface area contributed by atoms with E-state index in [1.54, 1.807) is 37.5 Å². The van der Waals surface area contributed by atoms with E-state index in [1.807, 2.05) is 55.5 Å². The number of hydrogen-bond donors (Lipinski definition) is 2. The monoisotopic (exact) mass is 543 g/mol. The Morgan fingerprint density at radius 3 is 2.55 bits per heavy atom. The third-order valence-corrected chi connectivity index (χ3v) is 6.31. The number of aryl methyl sites for hydroxylation is 1. The number of carbonyl (C=O) groups is 1. The van der Waals surface area contributed by atoms with Gasteiger partial charge in [0, 0.05) is 27.9 Å². The predicted molar refractivity (Wildman–Crippen MR) is 153 cm³/mol. The first-order valence-electron chi connectivity index (χ1n) is 11.6. The van der Waals surface area contributed by atoms with E-state index in [4.69, 9.17) is 37.4 Å². The summed E-state index contributed by atoms with van der Waals surface area (Å²) in [5.74, 6) is 2.02. The highest BCUT2D eigenvalue weighted by atomic mass is 35.5. The third kappa shape index (κ3) is 5.77. The molecular weight excluding hydrogens is 522 g/mol. The molecule has 9 heteroatoms. The van der Waals surface area contributed by atoms with Crippen molar-refractivity contribution in [1.82, 2.24) is 10.3 Å². The molecule has 2 heterocycles. The van der Waals surface area contributed by atoms with Crippen LogP contribution in [0.2, 0.25) is 5.02 Å². The van der Waals surface area contributed by atoms with E-state index in [9.17, 15) is 4.79 Å². The minimum absolute atomic E-state index is 0.146. The molecule has 7 nitrogen and oxygen atoms in total. The zero-order chi connectivity index (χ0) is 26.6. The van der Waals surface area contributed by atoms with Crippen molar-refractivity contribution in [2.45, 2.75) is 6.92 Å². The number of furan rings is 1. The van der Waals surface area contributed by atoms with Gasteiger partial charge in [0.15, 0.2) is 10.7 Å². The third-order valence-electron chi connectivity index (χ3n) is 5.70. The van der Waals surface area contributed by atoms with Crippen LogP contribution in [0.3, 0.4) is 0 Å². The Bertz CT molecular complexity index is 1670. The molecule has 0 radical (unpaired) electrons. The molecular formula is C29H22ClN3O4S. The van der Waals surface area contributed by atoms with Gasteiger partial charge in [-0.1, -0.05) is 23.7 Å². The smallest absolute Gasteiger partial charge is 0.250 e. The first-order chi connectivity index (χ1) is 18.4. The Balaban J connectivity index is 1.19. The standard InChI is InChI=1S/C29H22ClN3O4S/c1-17-3-4-19(15-23(17)30)25-13-10-22(36-25)11-14-27(34)33-29(38)31-20-7-12-26-24(16-20)32-28(37-26)18-5-8-21(35-2)9-6-18/h3-16H,1-2H3,(H2,31,33,34,38)/b14-11+. The average molecular weight is 544 g/mol. The quantitative estimate of drug-likeness (QED) is 0.172. The summed E-state index contributed by atoms with van der Waals surface area (Å²) in [5.41, 5.74) is 4.62. The lowest BCUT2D eigenvalue weighted by Gasteiger charge is -2.07. The Kier molecular flexibility index (Phi) is 7.26. The largest absolute Gasteiger partial charge is 0.497 e. The molecule has 0 aliphatic heterocycles. The maximum absolute atomic E-state index is 12.4. The first-order valence-corrected chi connectivity index (χ1v) is 12.4. The SMILES string of the molecule is COc1ccc(-c2nc3cc(NC(=S)NC(=O)/C=C/c4ccc(-c5ccc(C)c(Cl)c5)o4)ccc3o2)cc1. The van der Waals surface area contributed by atoms with E-state index >= 15 is 0 Å². The van der Waals surface area contributed by atoms with Crippen molar-refractivity contribution < 1.29 is 18.4 Å². The molecule has 190 valence electrons. The molecule has 38 heavy (non-hydrogen) atoms. The number of anilines is 1. The maximum atomic E-state index is 12.4. The van der Waals surface area contributed by atoms with Crippen molar-refractivity contribution in [2.24, 2.45) is 0 Å².